The van der Waals surface area contributed by atoms with E-state index < -0.39 is 85.2 Å². The molecule has 1 heterocycles. The van der Waals surface area contributed by atoms with Gasteiger partial charge >= 0.3 is 18.0 Å². The molecule has 37 heavy (non-hydrogen) atoms. The number of amides is 2. The van der Waals surface area contributed by atoms with Crippen LogP contribution in [0.3, 0.4) is 0 Å². The van der Waals surface area contributed by atoms with Gasteiger partial charge in [-0.15, -0.1) is 34.8 Å². The smallest absolute Gasteiger partial charge is 0.414 e. The van der Waals surface area contributed by atoms with Crippen molar-refractivity contribution in [3.63, 3.8) is 0 Å². The summed E-state index contributed by atoms with van der Waals surface area (Å²) >= 11 is 35.9. The third kappa shape index (κ3) is 5.41. The Hall–Kier alpha value is -0.970. The van der Waals surface area contributed by atoms with Crippen molar-refractivity contribution in [2.45, 2.75) is 66.0 Å². The lowest BCUT2D eigenvalue weighted by Crippen LogP contribution is -2.51. The van der Waals surface area contributed by atoms with Crippen LogP contribution < -0.4 is 5.32 Å². The molecule has 206 valence electrons. The highest BCUT2D eigenvalue weighted by Gasteiger charge is 2.68. The number of hydrogen-bond acceptors (Lipinski definition) is 8. The third-order valence-corrected chi connectivity index (χ3v) is 8.88. The summed E-state index contributed by atoms with van der Waals surface area (Å²) in [6, 6.07) is 0. The number of carbonyl (C=O) groups is 5. The number of esters is 2. The Balaban J connectivity index is 2.16. The highest BCUT2D eigenvalue weighted by Crippen LogP contribution is 2.56. The predicted octanol–water partition coefficient (Wildman–Crippen LogP) is 4.22. The molecule has 2 amide bonds. The molecule has 15 heteroatoms. The van der Waals surface area contributed by atoms with Crippen LogP contribution in [0.1, 0.15) is 34.1 Å². The average Bonchev–Trinajstić information content (AvgIpc) is 3.12. The van der Waals surface area contributed by atoms with Gasteiger partial charge in [0.25, 0.3) is 9.70 Å². The first-order chi connectivity index (χ1) is 16.9. The number of imide groups is 1. The van der Waals surface area contributed by atoms with Gasteiger partial charge in [-0.05, 0) is 25.0 Å². The number of nitrogens with one attached hydrogen (secondary N) is 1. The number of alkyl halides is 6. The van der Waals surface area contributed by atoms with Crippen molar-refractivity contribution in [1.29, 1.82) is 0 Å². The Morgan fingerprint density at radius 1 is 1.22 bits per heavy atom. The molecule has 9 nitrogen and oxygen atoms in total. The van der Waals surface area contributed by atoms with E-state index in [1.165, 1.54) is 13.8 Å². The Bertz CT molecular complexity index is 1070. The van der Waals surface area contributed by atoms with Crippen LogP contribution in [-0.4, -0.2) is 67.5 Å². The molecular weight excluding hydrogens is 619 g/mol. The van der Waals surface area contributed by atoms with E-state index in [0.29, 0.717) is 0 Å². The van der Waals surface area contributed by atoms with E-state index >= 15 is 0 Å². The second-order valence-corrected chi connectivity index (χ2v) is 13.4. The lowest BCUT2D eigenvalue weighted by molar-refractivity contribution is -0.160. The summed E-state index contributed by atoms with van der Waals surface area (Å²) in [6.45, 7) is 6.12. The second kappa shape index (κ2) is 10.5. The van der Waals surface area contributed by atoms with Gasteiger partial charge in [-0.2, -0.15) is 0 Å². The molecule has 2 aliphatic carbocycles. The Morgan fingerprint density at radius 3 is 2.32 bits per heavy atom. The van der Waals surface area contributed by atoms with E-state index in [1.807, 2.05) is 5.32 Å². The van der Waals surface area contributed by atoms with Gasteiger partial charge in [-0.25, -0.2) is 4.79 Å². The van der Waals surface area contributed by atoms with Crippen molar-refractivity contribution in [2.24, 2.45) is 17.8 Å². The fraction of sp³-hybridized carbons (Fsp3) is 0.682. The first-order valence-electron chi connectivity index (χ1n) is 11.1. The molecule has 1 N–H and O–H groups in total. The maximum absolute atomic E-state index is 13.0. The van der Waals surface area contributed by atoms with Crippen molar-refractivity contribution < 1.29 is 38.2 Å². The highest BCUT2D eigenvalue weighted by molar-refractivity contribution is 6.76. The van der Waals surface area contributed by atoms with E-state index in [9.17, 15) is 24.0 Å². The molecule has 0 aromatic rings. The van der Waals surface area contributed by atoms with Gasteiger partial charge in [-0.3, -0.25) is 24.5 Å². The van der Waals surface area contributed by atoms with Gasteiger partial charge in [0.15, 0.2) is 10.7 Å². The molecule has 1 saturated heterocycles. The largest absolute Gasteiger partial charge is 0.461 e. The first kappa shape index (κ1) is 30.6. The second-order valence-electron chi connectivity index (χ2n) is 9.66. The zero-order chi connectivity index (χ0) is 28.2. The summed E-state index contributed by atoms with van der Waals surface area (Å²) in [5.74, 6) is -6.37. The zero-order valence-corrected chi connectivity index (χ0v) is 24.4. The fourth-order valence-electron chi connectivity index (χ4n) is 5.03. The van der Waals surface area contributed by atoms with Crippen LogP contribution in [0.15, 0.2) is 11.1 Å². The lowest BCUT2D eigenvalue weighted by Gasteiger charge is -2.38. The van der Waals surface area contributed by atoms with Crippen LogP contribution in [0.5, 0.6) is 0 Å². The van der Waals surface area contributed by atoms with Crippen LogP contribution in [0.25, 0.3) is 0 Å². The van der Waals surface area contributed by atoms with Gasteiger partial charge < -0.3 is 14.2 Å². The first-order valence-corrected chi connectivity index (χ1v) is 13.5. The maximum Gasteiger partial charge on any atom is 0.414 e. The molecule has 1 aliphatic heterocycles. The molecule has 0 aromatic carbocycles. The van der Waals surface area contributed by atoms with Gasteiger partial charge in [0.05, 0.1) is 17.7 Å². The molecule has 3 aliphatic rings. The van der Waals surface area contributed by atoms with Gasteiger partial charge in [0, 0.05) is 12.3 Å². The number of allylic oxidation sites excluding steroid dienone is 1. The molecule has 0 bridgehead atoms. The van der Waals surface area contributed by atoms with E-state index in [4.69, 9.17) is 83.8 Å². The number of rotatable bonds is 4. The minimum atomic E-state index is -2.47. The molecule has 2 unspecified atom stereocenters. The molecule has 0 spiro atoms. The summed E-state index contributed by atoms with van der Waals surface area (Å²) < 4.78 is 14.6. The molecule has 0 radical (unpaired) electrons. The number of hydrogen-bond donors (Lipinski definition) is 1. The normalized spacial score (nSPS) is 35.5. The number of carbonyl (C=O) groups excluding carboxylic acids is 5. The Morgan fingerprint density at radius 2 is 1.81 bits per heavy atom. The average molecular weight is 642 g/mol. The SMILES string of the molecule is CC1=C2[C@H]3OC(=O)C(Cl)(CCl)[C@@H]3[C@H](OC(=O)C(C)C)C[C@@](C)(OC(=O)NC(=O)C(Cl)(Cl)Cl)[C@@H]2C(Cl)C1=O. The molecule has 1 saturated carbocycles. The lowest BCUT2D eigenvalue weighted by atomic mass is 9.81. The van der Waals surface area contributed by atoms with E-state index in [2.05, 4.69) is 0 Å². The van der Waals surface area contributed by atoms with Crippen LogP contribution in [0, 0.1) is 17.8 Å². The minimum Gasteiger partial charge on any atom is -0.461 e. The van der Waals surface area contributed by atoms with Gasteiger partial charge in [0.1, 0.15) is 23.2 Å². The monoisotopic (exact) mass is 639 g/mol. The summed E-state index contributed by atoms with van der Waals surface area (Å²) in [5.41, 5.74) is -1.27. The number of halogens is 6. The van der Waals surface area contributed by atoms with E-state index in [-0.39, 0.29) is 17.6 Å². The standard InChI is InChI=1S/C22H23Cl6NO8/c1-7(2)16(31)35-9-5-20(4,37-19(34)29-17(32)22(26,27)28)12-10(8(3)14(30)13(12)24)15-11(9)21(25,6-23)18(33)36-15/h7,9,11-13,15H,5-6H2,1-4H3,(H,29,32,34)/t9-,11-,12+,13?,15-,20-,21?/m1/s1. The number of ether oxygens (including phenoxy) is 3. The molecule has 2 fully saturated rings. The van der Waals surface area contributed by atoms with E-state index in [0.717, 1.165) is 0 Å². The topological polar surface area (TPSA) is 125 Å². The molecule has 0 aromatic heterocycles. The number of fused-ring (bicyclic) bond motifs is 3. The van der Waals surface area contributed by atoms with Crippen molar-refractivity contribution in [3.05, 3.63) is 11.1 Å². The highest BCUT2D eigenvalue weighted by atomic mass is 35.6. The van der Waals surface area contributed by atoms with Crippen molar-refractivity contribution >= 4 is 99.3 Å². The summed E-state index contributed by atoms with van der Waals surface area (Å²) in [4.78, 5) is 61.5. The molecule has 3 rings (SSSR count). The number of ketones is 1. The van der Waals surface area contributed by atoms with Gasteiger partial charge in [0.2, 0.25) is 0 Å². The van der Waals surface area contributed by atoms with Crippen LogP contribution in [0.4, 0.5) is 4.79 Å². The van der Waals surface area contributed by atoms with E-state index in [1.54, 1.807) is 13.8 Å². The Labute approximate surface area is 242 Å². The summed E-state index contributed by atoms with van der Waals surface area (Å²) in [5, 5.41) is 0.555. The third-order valence-electron chi connectivity index (χ3n) is 6.81. The number of alkyl carbamates (subject to hydrolysis) is 1. The predicted molar refractivity (Wildman–Crippen MR) is 136 cm³/mol. The van der Waals surface area contributed by atoms with Crippen molar-refractivity contribution in [2.75, 3.05) is 5.88 Å². The quantitative estimate of drug-likeness (QED) is 0.275. The molecule has 7 atom stereocenters. The van der Waals surface area contributed by atoms with Crippen molar-refractivity contribution in [3.8, 4) is 0 Å². The van der Waals surface area contributed by atoms with Crippen LogP contribution in [0.2, 0.25) is 0 Å². The summed E-state index contributed by atoms with van der Waals surface area (Å²) in [6.07, 6.45) is -3.95. The van der Waals surface area contributed by atoms with Crippen molar-refractivity contribution in [1.82, 2.24) is 5.32 Å². The number of Topliss-reactive ketones (excluding diaryl/α,β-unsaturated/α-hetero) is 1. The fourth-order valence-corrected chi connectivity index (χ4v) is 6.33. The minimum absolute atomic E-state index is 0.173. The van der Waals surface area contributed by atoms with Crippen LogP contribution >= 0.6 is 69.6 Å². The maximum atomic E-state index is 13.0. The Kier molecular flexibility index (Phi) is 8.71. The van der Waals surface area contributed by atoms with Crippen LogP contribution in [-0.2, 0) is 33.4 Å². The zero-order valence-electron chi connectivity index (χ0n) is 19.9. The molecular formula is C22H23Cl6NO8. The van der Waals surface area contributed by atoms with Gasteiger partial charge in [-0.1, -0.05) is 48.7 Å². The summed E-state index contributed by atoms with van der Waals surface area (Å²) in [7, 11) is 0.